The summed E-state index contributed by atoms with van der Waals surface area (Å²) in [6, 6.07) is 10.7. The van der Waals surface area contributed by atoms with Gasteiger partial charge in [-0.2, -0.15) is 0 Å². The van der Waals surface area contributed by atoms with Gasteiger partial charge in [0.2, 0.25) is 0 Å². The van der Waals surface area contributed by atoms with Crippen LogP contribution < -0.4 is 5.32 Å². The van der Waals surface area contributed by atoms with Crippen molar-refractivity contribution in [2.75, 3.05) is 0 Å². The number of hydrogen-bond acceptors (Lipinski definition) is 2. The molecule has 0 aliphatic heterocycles. The van der Waals surface area contributed by atoms with Gasteiger partial charge in [0.05, 0.1) is 0 Å². The molecule has 0 saturated carbocycles. The van der Waals surface area contributed by atoms with E-state index in [1.807, 2.05) is 23.5 Å². The van der Waals surface area contributed by atoms with Gasteiger partial charge in [-0.15, -0.1) is 11.3 Å². The van der Waals surface area contributed by atoms with Gasteiger partial charge in [-0.05, 0) is 42.5 Å². The molecule has 2 nitrogen and oxygen atoms in total. The fraction of sp³-hybridized carbons (Fsp3) is 0.250. The Kier molecular flexibility index (Phi) is 4.10. The molecule has 1 aromatic carbocycles. The van der Waals surface area contributed by atoms with E-state index in [9.17, 15) is 0 Å². The van der Waals surface area contributed by atoms with Gasteiger partial charge in [0.25, 0.3) is 0 Å². The molecule has 1 atom stereocenters. The van der Waals surface area contributed by atoms with Crippen LogP contribution in [-0.2, 0) is 13.0 Å². The van der Waals surface area contributed by atoms with E-state index in [1.165, 1.54) is 15.8 Å². The van der Waals surface area contributed by atoms with Crippen LogP contribution in [0.3, 0.4) is 0 Å². The third-order valence-corrected chi connectivity index (χ3v) is 4.59. The number of aromatic nitrogens is 1. The van der Waals surface area contributed by atoms with E-state index < -0.39 is 0 Å². The van der Waals surface area contributed by atoms with Crippen molar-refractivity contribution in [3.63, 3.8) is 0 Å². The van der Waals surface area contributed by atoms with Gasteiger partial charge in [-0.25, -0.2) is 0 Å². The lowest BCUT2D eigenvalue weighted by atomic mass is 10.1. The highest BCUT2D eigenvalue weighted by atomic mass is 35.5. The van der Waals surface area contributed by atoms with E-state index in [0.717, 1.165) is 23.5 Å². The van der Waals surface area contributed by atoms with Gasteiger partial charge in [-0.3, -0.25) is 0 Å². The monoisotopic (exact) mass is 304 g/mol. The van der Waals surface area contributed by atoms with Gasteiger partial charge < -0.3 is 10.3 Å². The average Bonchev–Trinajstić information content (AvgIpc) is 3.05. The van der Waals surface area contributed by atoms with E-state index in [0.29, 0.717) is 6.04 Å². The Labute approximate surface area is 127 Å². The van der Waals surface area contributed by atoms with Crippen molar-refractivity contribution in [3.05, 3.63) is 57.4 Å². The standard InChI is InChI=1S/C16H17ClN2S/c1-11(7-14-3-2-6-20-14)18-9-12-10-19-16-8-13(17)4-5-15(12)16/h2-6,8,10-11,18-19H,7,9H2,1H3. The topological polar surface area (TPSA) is 27.8 Å². The summed E-state index contributed by atoms with van der Waals surface area (Å²) < 4.78 is 0. The molecule has 0 saturated heterocycles. The second kappa shape index (κ2) is 6.00. The first kappa shape index (κ1) is 13.7. The normalized spacial score (nSPS) is 12.9. The molecule has 2 aromatic heterocycles. The summed E-state index contributed by atoms with van der Waals surface area (Å²) in [5.41, 5.74) is 2.38. The van der Waals surface area contributed by atoms with Gasteiger partial charge in [0.15, 0.2) is 0 Å². The zero-order valence-corrected chi connectivity index (χ0v) is 12.9. The zero-order chi connectivity index (χ0) is 13.9. The molecule has 104 valence electrons. The average molecular weight is 305 g/mol. The summed E-state index contributed by atoms with van der Waals surface area (Å²) in [7, 11) is 0. The number of hydrogen-bond donors (Lipinski definition) is 2. The zero-order valence-electron chi connectivity index (χ0n) is 11.3. The van der Waals surface area contributed by atoms with Crippen LogP contribution >= 0.6 is 22.9 Å². The molecule has 3 rings (SSSR count). The van der Waals surface area contributed by atoms with Crippen molar-refractivity contribution in [1.82, 2.24) is 10.3 Å². The summed E-state index contributed by atoms with van der Waals surface area (Å²) in [6.07, 6.45) is 3.14. The maximum Gasteiger partial charge on any atom is 0.0472 e. The highest BCUT2D eigenvalue weighted by Crippen LogP contribution is 2.22. The highest BCUT2D eigenvalue weighted by molar-refractivity contribution is 7.09. The van der Waals surface area contributed by atoms with Crippen molar-refractivity contribution in [2.45, 2.75) is 25.9 Å². The van der Waals surface area contributed by atoms with Crippen LogP contribution in [0, 0.1) is 0 Å². The number of halogens is 1. The molecule has 20 heavy (non-hydrogen) atoms. The van der Waals surface area contributed by atoms with Crippen LogP contribution in [0.25, 0.3) is 10.9 Å². The van der Waals surface area contributed by atoms with Crippen molar-refractivity contribution < 1.29 is 0 Å². The molecule has 0 aliphatic rings. The molecule has 4 heteroatoms. The maximum absolute atomic E-state index is 6.00. The third kappa shape index (κ3) is 3.06. The fourth-order valence-electron chi connectivity index (χ4n) is 2.39. The Morgan fingerprint density at radius 2 is 2.25 bits per heavy atom. The Morgan fingerprint density at radius 1 is 1.35 bits per heavy atom. The van der Waals surface area contributed by atoms with Crippen LogP contribution in [-0.4, -0.2) is 11.0 Å². The molecular weight excluding hydrogens is 288 g/mol. The Hall–Kier alpha value is -1.29. The first-order valence-electron chi connectivity index (χ1n) is 6.73. The third-order valence-electron chi connectivity index (χ3n) is 3.46. The lowest BCUT2D eigenvalue weighted by Crippen LogP contribution is -2.27. The van der Waals surface area contributed by atoms with Crippen LogP contribution in [0.2, 0.25) is 5.02 Å². The van der Waals surface area contributed by atoms with Crippen molar-refractivity contribution >= 4 is 33.8 Å². The lowest BCUT2D eigenvalue weighted by Gasteiger charge is -2.12. The van der Waals surface area contributed by atoms with Crippen LogP contribution in [0.1, 0.15) is 17.4 Å². The predicted molar refractivity (Wildman–Crippen MR) is 87.6 cm³/mol. The number of benzene rings is 1. The maximum atomic E-state index is 6.00. The van der Waals surface area contributed by atoms with Gasteiger partial charge >= 0.3 is 0 Å². The minimum Gasteiger partial charge on any atom is -0.361 e. The number of aromatic amines is 1. The summed E-state index contributed by atoms with van der Waals surface area (Å²) in [5, 5.41) is 7.72. The number of rotatable bonds is 5. The molecule has 0 amide bonds. The first-order valence-corrected chi connectivity index (χ1v) is 7.99. The van der Waals surface area contributed by atoms with Crippen molar-refractivity contribution in [3.8, 4) is 0 Å². The van der Waals surface area contributed by atoms with E-state index >= 15 is 0 Å². The molecular formula is C16H17ClN2S. The minimum atomic E-state index is 0.464. The van der Waals surface area contributed by atoms with Gasteiger partial charge in [0, 0.05) is 39.6 Å². The van der Waals surface area contributed by atoms with E-state index in [2.05, 4.69) is 47.0 Å². The van der Waals surface area contributed by atoms with E-state index in [1.54, 1.807) is 0 Å². The largest absolute Gasteiger partial charge is 0.361 e. The Morgan fingerprint density at radius 3 is 3.05 bits per heavy atom. The summed E-state index contributed by atoms with van der Waals surface area (Å²) >= 11 is 7.82. The smallest absolute Gasteiger partial charge is 0.0472 e. The molecule has 0 aliphatic carbocycles. The molecule has 2 N–H and O–H groups in total. The van der Waals surface area contributed by atoms with Crippen LogP contribution in [0.4, 0.5) is 0 Å². The Bertz CT molecular complexity index is 688. The number of nitrogens with one attached hydrogen (secondary N) is 2. The summed E-state index contributed by atoms with van der Waals surface area (Å²) in [4.78, 5) is 4.70. The highest BCUT2D eigenvalue weighted by Gasteiger charge is 2.07. The summed E-state index contributed by atoms with van der Waals surface area (Å²) in [5.74, 6) is 0. The number of fused-ring (bicyclic) bond motifs is 1. The SMILES string of the molecule is CC(Cc1cccs1)NCc1c[nH]c2cc(Cl)ccc12. The minimum absolute atomic E-state index is 0.464. The molecule has 0 radical (unpaired) electrons. The second-order valence-corrected chi connectivity index (χ2v) is 6.54. The van der Waals surface area contributed by atoms with Gasteiger partial charge in [-0.1, -0.05) is 23.7 Å². The summed E-state index contributed by atoms with van der Waals surface area (Å²) in [6.45, 7) is 3.10. The fourth-order valence-corrected chi connectivity index (χ4v) is 3.40. The van der Waals surface area contributed by atoms with Crippen molar-refractivity contribution in [1.29, 1.82) is 0 Å². The Balaban J connectivity index is 1.65. The van der Waals surface area contributed by atoms with Crippen LogP contribution in [0.5, 0.6) is 0 Å². The number of H-pyrrole nitrogens is 1. The molecule has 0 fully saturated rings. The first-order chi connectivity index (χ1) is 9.72. The molecule has 1 unspecified atom stereocenters. The molecule has 0 spiro atoms. The van der Waals surface area contributed by atoms with Gasteiger partial charge in [0.1, 0.15) is 0 Å². The predicted octanol–water partition coefficient (Wildman–Crippen LogP) is 4.60. The lowest BCUT2D eigenvalue weighted by molar-refractivity contribution is 0.550. The number of thiophene rings is 1. The molecule has 2 heterocycles. The molecule has 3 aromatic rings. The second-order valence-electron chi connectivity index (χ2n) is 5.07. The van der Waals surface area contributed by atoms with E-state index in [4.69, 9.17) is 11.6 Å². The van der Waals surface area contributed by atoms with Crippen LogP contribution in [0.15, 0.2) is 41.9 Å². The quantitative estimate of drug-likeness (QED) is 0.708. The van der Waals surface area contributed by atoms with E-state index in [-0.39, 0.29) is 0 Å². The van der Waals surface area contributed by atoms with Crippen molar-refractivity contribution in [2.24, 2.45) is 0 Å². The molecule has 0 bridgehead atoms.